The van der Waals surface area contributed by atoms with Crippen LogP contribution in [0.3, 0.4) is 0 Å². The number of amides is 1. The fourth-order valence-electron chi connectivity index (χ4n) is 1.73. The van der Waals surface area contributed by atoms with Crippen LogP contribution < -0.4 is 5.32 Å². The van der Waals surface area contributed by atoms with E-state index in [4.69, 9.17) is 0 Å². The van der Waals surface area contributed by atoms with E-state index in [2.05, 4.69) is 5.32 Å². The number of anilines is 1. The van der Waals surface area contributed by atoms with Gasteiger partial charge in [0.2, 0.25) is 5.82 Å². The Bertz CT molecular complexity index is 764. The summed E-state index contributed by atoms with van der Waals surface area (Å²) in [5, 5.41) is 23.7. The van der Waals surface area contributed by atoms with Gasteiger partial charge in [0.25, 0.3) is 11.6 Å². The molecule has 2 aromatic rings. The van der Waals surface area contributed by atoms with Crippen molar-refractivity contribution in [3.63, 3.8) is 0 Å². The van der Waals surface area contributed by atoms with Crippen LogP contribution in [0.1, 0.15) is 10.4 Å². The molecule has 0 aliphatic rings. The molecule has 2 aromatic carbocycles. The van der Waals surface area contributed by atoms with Gasteiger partial charge in [-0.05, 0) is 12.1 Å². The molecule has 2 rings (SSSR count). The second-order valence-electron chi connectivity index (χ2n) is 4.16. The Hall–Kier alpha value is -3.36. The molecular weight excluding hydrogens is 297 g/mol. The molecule has 8 nitrogen and oxygen atoms in total. The number of nitrogens with one attached hydrogen (secondary N) is 1. The molecule has 0 aliphatic carbocycles. The number of hydrogen-bond donors (Lipinski definition) is 1. The minimum atomic E-state index is -1.28. The standard InChI is InChI=1S/C13H8FN3O5/c14-9-6-10(12(17(21)22)7-11(9)16(19)20)15-13(18)8-4-2-1-3-5-8/h1-7H,(H,15,18). The highest BCUT2D eigenvalue weighted by atomic mass is 19.1. The van der Waals surface area contributed by atoms with Crippen molar-refractivity contribution in [2.45, 2.75) is 0 Å². The fraction of sp³-hybridized carbons (Fsp3) is 0. The molecule has 0 bridgehead atoms. The van der Waals surface area contributed by atoms with E-state index in [0.717, 1.165) is 0 Å². The van der Waals surface area contributed by atoms with E-state index in [1.165, 1.54) is 12.1 Å². The molecule has 22 heavy (non-hydrogen) atoms. The summed E-state index contributed by atoms with van der Waals surface area (Å²) in [6, 6.07) is 8.78. The summed E-state index contributed by atoms with van der Waals surface area (Å²) in [6.45, 7) is 0. The molecule has 0 spiro atoms. The van der Waals surface area contributed by atoms with E-state index in [1.54, 1.807) is 18.2 Å². The van der Waals surface area contributed by atoms with Crippen LogP contribution in [0, 0.1) is 26.0 Å². The Kier molecular flexibility index (Phi) is 4.07. The van der Waals surface area contributed by atoms with Crippen molar-refractivity contribution >= 4 is 23.0 Å². The predicted octanol–water partition coefficient (Wildman–Crippen LogP) is 2.89. The van der Waals surface area contributed by atoms with Gasteiger partial charge in [-0.15, -0.1) is 0 Å². The number of rotatable bonds is 4. The van der Waals surface area contributed by atoms with Crippen LogP contribution in [0.25, 0.3) is 0 Å². The molecule has 0 aliphatic heterocycles. The van der Waals surface area contributed by atoms with Crippen molar-refractivity contribution in [3.8, 4) is 0 Å². The number of halogens is 1. The molecular formula is C13H8FN3O5. The topological polar surface area (TPSA) is 115 Å². The highest BCUT2D eigenvalue weighted by Crippen LogP contribution is 2.32. The van der Waals surface area contributed by atoms with E-state index in [-0.39, 0.29) is 5.56 Å². The zero-order valence-corrected chi connectivity index (χ0v) is 10.9. The first-order valence-corrected chi connectivity index (χ1v) is 5.89. The molecule has 9 heteroatoms. The monoisotopic (exact) mass is 305 g/mol. The van der Waals surface area contributed by atoms with E-state index < -0.39 is 38.6 Å². The van der Waals surface area contributed by atoms with Crippen LogP contribution in [0.2, 0.25) is 0 Å². The second kappa shape index (κ2) is 5.95. The Morgan fingerprint density at radius 2 is 1.59 bits per heavy atom. The molecule has 1 amide bonds. The smallest absolute Gasteiger partial charge is 0.311 e. The fourth-order valence-corrected chi connectivity index (χ4v) is 1.73. The van der Waals surface area contributed by atoms with Gasteiger partial charge in [0.15, 0.2) is 0 Å². The van der Waals surface area contributed by atoms with E-state index in [0.29, 0.717) is 12.1 Å². The Labute approximate surface area is 122 Å². The van der Waals surface area contributed by atoms with Crippen LogP contribution in [0.15, 0.2) is 42.5 Å². The van der Waals surface area contributed by atoms with Crippen LogP contribution in [0.4, 0.5) is 21.5 Å². The lowest BCUT2D eigenvalue weighted by Gasteiger charge is -2.06. The van der Waals surface area contributed by atoms with Gasteiger partial charge >= 0.3 is 5.69 Å². The zero-order chi connectivity index (χ0) is 16.3. The van der Waals surface area contributed by atoms with Gasteiger partial charge in [-0.2, -0.15) is 4.39 Å². The highest BCUT2D eigenvalue weighted by Gasteiger charge is 2.25. The number of nitro groups is 2. The van der Waals surface area contributed by atoms with Gasteiger partial charge in [-0.3, -0.25) is 25.0 Å². The van der Waals surface area contributed by atoms with E-state index >= 15 is 0 Å². The van der Waals surface area contributed by atoms with Crippen molar-refractivity contribution in [2.24, 2.45) is 0 Å². The maximum atomic E-state index is 13.6. The maximum Gasteiger partial charge on any atom is 0.311 e. The molecule has 0 saturated carbocycles. The van der Waals surface area contributed by atoms with E-state index in [1.807, 2.05) is 0 Å². The van der Waals surface area contributed by atoms with Gasteiger partial charge in [0.05, 0.1) is 15.9 Å². The molecule has 112 valence electrons. The van der Waals surface area contributed by atoms with Crippen molar-refractivity contribution in [1.82, 2.24) is 0 Å². The highest BCUT2D eigenvalue weighted by molar-refractivity contribution is 6.05. The van der Waals surface area contributed by atoms with Crippen molar-refractivity contribution < 1.29 is 19.0 Å². The third-order valence-electron chi connectivity index (χ3n) is 2.74. The first kappa shape index (κ1) is 15.0. The summed E-state index contributed by atoms with van der Waals surface area (Å²) >= 11 is 0. The number of benzene rings is 2. The number of carbonyl (C=O) groups is 1. The summed E-state index contributed by atoms with van der Waals surface area (Å²) in [7, 11) is 0. The zero-order valence-electron chi connectivity index (χ0n) is 10.9. The lowest BCUT2D eigenvalue weighted by Crippen LogP contribution is -2.13. The van der Waals surface area contributed by atoms with Crippen LogP contribution in [-0.4, -0.2) is 15.8 Å². The van der Waals surface area contributed by atoms with Crippen molar-refractivity contribution in [2.75, 3.05) is 5.32 Å². The Morgan fingerprint density at radius 1 is 1.00 bits per heavy atom. The first-order chi connectivity index (χ1) is 10.4. The molecule has 0 radical (unpaired) electrons. The van der Waals surface area contributed by atoms with Gasteiger partial charge in [-0.25, -0.2) is 0 Å². The number of nitro benzene ring substituents is 2. The van der Waals surface area contributed by atoms with Crippen LogP contribution >= 0.6 is 0 Å². The largest absolute Gasteiger partial charge is 0.316 e. The van der Waals surface area contributed by atoms with Gasteiger partial charge in [0.1, 0.15) is 5.69 Å². The lowest BCUT2D eigenvalue weighted by atomic mass is 10.2. The normalized spacial score (nSPS) is 10.0. The summed E-state index contributed by atoms with van der Waals surface area (Å²) in [5.41, 5.74) is -2.06. The van der Waals surface area contributed by atoms with Crippen molar-refractivity contribution in [1.29, 1.82) is 0 Å². The summed E-state index contributed by atoms with van der Waals surface area (Å²) in [4.78, 5) is 31.5. The summed E-state index contributed by atoms with van der Waals surface area (Å²) in [6.07, 6.45) is 0. The van der Waals surface area contributed by atoms with Crippen LogP contribution in [-0.2, 0) is 0 Å². The molecule has 0 unspecified atom stereocenters. The molecule has 0 aromatic heterocycles. The third kappa shape index (κ3) is 3.03. The molecule has 0 fully saturated rings. The number of nitrogens with zero attached hydrogens (tertiary/aromatic N) is 2. The average molecular weight is 305 g/mol. The van der Waals surface area contributed by atoms with E-state index in [9.17, 15) is 29.4 Å². The van der Waals surface area contributed by atoms with Crippen LogP contribution in [0.5, 0.6) is 0 Å². The number of carbonyl (C=O) groups excluding carboxylic acids is 1. The minimum absolute atomic E-state index is 0.204. The molecule has 1 N–H and O–H groups in total. The molecule has 0 atom stereocenters. The minimum Gasteiger partial charge on any atom is -0.316 e. The summed E-state index contributed by atoms with van der Waals surface area (Å²) < 4.78 is 13.6. The van der Waals surface area contributed by atoms with Gasteiger partial charge in [-0.1, -0.05) is 18.2 Å². The van der Waals surface area contributed by atoms with Crippen molar-refractivity contribution in [3.05, 3.63) is 74.1 Å². The quantitative estimate of drug-likeness (QED) is 0.688. The number of hydrogen-bond acceptors (Lipinski definition) is 5. The molecule has 0 saturated heterocycles. The van der Waals surface area contributed by atoms with Gasteiger partial charge < -0.3 is 5.32 Å². The predicted molar refractivity (Wildman–Crippen MR) is 74.1 cm³/mol. The lowest BCUT2D eigenvalue weighted by molar-refractivity contribution is -0.395. The third-order valence-corrected chi connectivity index (χ3v) is 2.74. The average Bonchev–Trinajstić information content (AvgIpc) is 2.47. The first-order valence-electron chi connectivity index (χ1n) is 5.89. The Balaban J connectivity index is 2.42. The molecule has 0 heterocycles. The summed E-state index contributed by atoms with van der Waals surface area (Å²) in [5.74, 6) is -1.98. The maximum absolute atomic E-state index is 13.6. The SMILES string of the molecule is O=C(Nc1cc(F)c([N+](=O)[O-])cc1[N+](=O)[O-])c1ccccc1. The Morgan fingerprint density at radius 3 is 2.14 bits per heavy atom. The van der Waals surface area contributed by atoms with Gasteiger partial charge in [0, 0.05) is 11.6 Å². The second-order valence-corrected chi connectivity index (χ2v) is 4.16.